The van der Waals surface area contributed by atoms with E-state index in [0.717, 1.165) is 28.2 Å². The minimum absolute atomic E-state index is 0. The number of hydrogen-bond acceptors (Lipinski definition) is 2. The molecule has 0 atom stereocenters. The second kappa shape index (κ2) is 5.43. The molecule has 0 N–H and O–H groups in total. The maximum absolute atomic E-state index is 4.85. The van der Waals surface area contributed by atoms with Crippen molar-refractivity contribution in [3.05, 3.63) is 60.3 Å². The minimum atomic E-state index is 0. The molecule has 0 spiro atoms. The highest BCUT2D eigenvalue weighted by atomic mass is 35.5. The summed E-state index contributed by atoms with van der Waals surface area (Å²) in [7, 11) is 2.05. The Morgan fingerprint density at radius 1 is 0.864 bits per heavy atom. The third kappa shape index (κ3) is 2.14. The van der Waals surface area contributed by atoms with Crippen LogP contribution in [-0.2, 0) is 7.05 Å². The van der Waals surface area contributed by atoms with Gasteiger partial charge in [0.25, 0.3) is 0 Å². The van der Waals surface area contributed by atoms with Crippen molar-refractivity contribution in [2.75, 3.05) is 0 Å². The zero-order valence-corrected chi connectivity index (χ0v) is 13.3. The molecule has 0 fully saturated rings. The van der Waals surface area contributed by atoms with Gasteiger partial charge in [-0.2, -0.15) is 0 Å². The average molecular weight is 310 g/mol. The highest BCUT2D eigenvalue weighted by molar-refractivity contribution is 6.05. The monoisotopic (exact) mass is 309 g/mol. The van der Waals surface area contributed by atoms with Crippen molar-refractivity contribution in [1.29, 1.82) is 0 Å². The van der Waals surface area contributed by atoms with E-state index in [4.69, 9.17) is 4.98 Å². The molecule has 2 aromatic carbocycles. The van der Waals surface area contributed by atoms with Gasteiger partial charge in [-0.15, -0.1) is 12.4 Å². The zero-order valence-electron chi connectivity index (χ0n) is 12.4. The van der Waals surface area contributed by atoms with E-state index in [1.165, 1.54) is 10.8 Å². The molecule has 0 aliphatic rings. The van der Waals surface area contributed by atoms with E-state index in [-0.39, 0.29) is 12.4 Å². The van der Waals surface area contributed by atoms with Gasteiger partial charge in [0.1, 0.15) is 5.69 Å². The first-order valence-electron chi connectivity index (χ1n) is 7.02. The Morgan fingerprint density at radius 2 is 1.68 bits per heavy atom. The van der Waals surface area contributed by atoms with Crippen LogP contribution >= 0.6 is 12.4 Å². The molecule has 2 aromatic heterocycles. The lowest BCUT2D eigenvalue weighted by molar-refractivity contribution is 0.947. The first-order chi connectivity index (χ1) is 10.2. The molecule has 3 nitrogen and oxygen atoms in total. The van der Waals surface area contributed by atoms with Crippen molar-refractivity contribution < 1.29 is 0 Å². The molecule has 4 aromatic rings. The van der Waals surface area contributed by atoms with E-state index >= 15 is 0 Å². The third-order valence-electron chi connectivity index (χ3n) is 3.89. The summed E-state index contributed by atoms with van der Waals surface area (Å²) in [5, 5.41) is 2.40. The fraction of sp³-hybridized carbons (Fsp3) is 0.111. The lowest BCUT2D eigenvalue weighted by Gasteiger charge is -2.02. The van der Waals surface area contributed by atoms with Crippen molar-refractivity contribution in [2.45, 2.75) is 6.92 Å². The Balaban J connectivity index is 0.00000144. The summed E-state index contributed by atoms with van der Waals surface area (Å²) in [6.07, 6.45) is 0. The number of rotatable bonds is 1. The van der Waals surface area contributed by atoms with Gasteiger partial charge in [-0.1, -0.05) is 36.4 Å². The Kier molecular flexibility index (Phi) is 3.59. The molecule has 0 aliphatic carbocycles. The molecule has 0 saturated heterocycles. The van der Waals surface area contributed by atoms with E-state index in [0.29, 0.717) is 0 Å². The largest absolute Gasteiger partial charge is 0.326 e. The fourth-order valence-corrected chi connectivity index (χ4v) is 2.82. The maximum Gasteiger partial charge on any atom is 0.159 e. The Labute approximate surface area is 135 Å². The van der Waals surface area contributed by atoms with Crippen LogP contribution < -0.4 is 0 Å². The summed E-state index contributed by atoms with van der Waals surface area (Å²) in [5.41, 5.74) is 4.09. The molecule has 0 unspecified atom stereocenters. The molecule has 0 radical (unpaired) electrons. The summed E-state index contributed by atoms with van der Waals surface area (Å²) < 4.78 is 2.11. The second-order valence-corrected chi connectivity index (χ2v) is 5.31. The van der Waals surface area contributed by atoms with Gasteiger partial charge in [-0.05, 0) is 30.5 Å². The Hall–Kier alpha value is -2.39. The average Bonchev–Trinajstić information content (AvgIpc) is 2.85. The van der Waals surface area contributed by atoms with E-state index in [1.54, 1.807) is 0 Å². The Bertz CT molecular complexity index is 973. The van der Waals surface area contributed by atoms with Gasteiger partial charge in [0.15, 0.2) is 5.82 Å². The van der Waals surface area contributed by atoms with Crippen LogP contribution in [0.1, 0.15) is 5.69 Å². The topological polar surface area (TPSA) is 30.7 Å². The summed E-state index contributed by atoms with van der Waals surface area (Å²) in [4.78, 5) is 9.45. The summed E-state index contributed by atoms with van der Waals surface area (Å²) in [5.74, 6) is 0.907. The van der Waals surface area contributed by atoms with Gasteiger partial charge in [0, 0.05) is 18.1 Å². The third-order valence-corrected chi connectivity index (χ3v) is 3.89. The fourth-order valence-electron chi connectivity index (χ4n) is 2.82. The first kappa shape index (κ1) is 14.5. The van der Waals surface area contributed by atoms with E-state index in [9.17, 15) is 0 Å². The van der Waals surface area contributed by atoms with Crippen LogP contribution in [-0.4, -0.2) is 14.5 Å². The Morgan fingerprint density at radius 3 is 2.50 bits per heavy atom. The number of nitrogens with zero attached hydrogens (tertiary/aromatic N) is 3. The number of aromatic nitrogens is 3. The van der Waals surface area contributed by atoms with E-state index < -0.39 is 0 Å². The maximum atomic E-state index is 4.85. The van der Waals surface area contributed by atoms with Crippen LogP contribution in [0, 0.1) is 6.92 Å². The highest BCUT2D eigenvalue weighted by Crippen LogP contribution is 2.28. The number of imidazole rings is 1. The number of benzene rings is 2. The van der Waals surface area contributed by atoms with Gasteiger partial charge in [0.05, 0.1) is 11.0 Å². The molecule has 4 rings (SSSR count). The van der Waals surface area contributed by atoms with Crippen molar-refractivity contribution in [3.8, 4) is 11.5 Å². The van der Waals surface area contributed by atoms with Crippen molar-refractivity contribution in [3.63, 3.8) is 0 Å². The quantitative estimate of drug-likeness (QED) is 0.517. The lowest BCUT2D eigenvalue weighted by atomic mass is 10.1. The van der Waals surface area contributed by atoms with E-state index in [1.807, 2.05) is 32.2 Å². The first-order valence-corrected chi connectivity index (χ1v) is 7.02. The highest BCUT2D eigenvalue weighted by Gasteiger charge is 2.12. The van der Waals surface area contributed by atoms with Gasteiger partial charge < -0.3 is 4.57 Å². The summed E-state index contributed by atoms with van der Waals surface area (Å²) in [6.45, 7) is 2.00. The van der Waals surface area contributed by atoms with Gasteiger partial charge in [0.2, 0.25) is 0 Å². The number of pyridine rings is 1. The number of aryl methyl sites for hydroxylation is 2. The minimum Gasteiger partial charge on any atom is -0.326 e. The second-order valence-electron chi connectivity index (χ2n) is 5.31. The molecule has 0 aliphatic heterocycles. The molecule has 110 valence electrons. The van der Waals surface area contributed by atoms with Crippen molar-refractivity contribution in [1.82, 2.24) is 14.5 Å². The molecule has 0 bridgehead atoms. The van der Waals surface area contributed by atoms with Crippen LogP contribution in [0.15, 0.2) is 54.6 Å². The summed E-state index contributed by atoms with van der Waals surface area (Å²) >= 11 is 0. The van der Waals surface area contributed by atoms with E-state index in [2.05, 4.69) is 45.9 Å². The lowest BCUT2D eigenvalue weighted by Crippen LogP contribution is -1.95. The predicted octanol–water partition coefficient (Wildman–Crippen LogP) is 4.52. The molecular formula is C18H16ClN3. The molecular weight excluding hydrogens is 294 g/mol. The number of hydrogen-bond donors (Lipinski definition) is 0. The zero-order chi connectivity index (χ0) is 14.4. The number of fused-ring (bicyclic) bond motifs is 3. The smallest absolute Gasteiger partial charge is 0.159 e. The molecule has 2 heterocycles. The van der Waals surface area contributed by atoms with Crippen LogP contribution in [0.5, 0.6) is 0 Å². The van der Waals surface area contributed by atoms with Crippen LogP contribution in [0.4, 0.5) is 0 Å². The summed E-state index contributed by atoms with van der Waals surface area (Å²) in [6, 6.07) is 18.7. The SMILES string of the molecule is Cc1cccc(-c2nc3c4ccccc4ccc3n2C)n1.Cl. The van der Waals surface area contributed by atoms with Gasteiger partial charge in [-0.3, -0.25) is 0 Å². The van der Waals surface area contributed by atoms with Gasteiger partial charge in [-0.25, -0.2) is 9.97 Å². The predicted molar refractivity (Wildman–Crippen MR) is 93.4 cm³/mol. The van der Waals surface area contributed by atoms with Gasteiger partial charge >= 0.3 is 0 Å². The van der Waals surface area contributed by atoms with Crippen molar-refractivity contribution >= 4 is 34.2 Å². The van der Waals surface area contributed by atoms with Crippen molar-refractivity contribution in [2.24, 2.45) is 7.05 Å². The molecule has 22 heavy (non-hydrogen) atoms. The van der Waals surface area contributed by atoms with Crippen LogP contribution in [0.3, 0.4) is 0 Å². The molecule has 0 saturated carbocycles. The molecule has 0 amide bonds. The standard InChI is InChI=1S/C18H15N3.ClH/c1-12-6-5-9-15(19-12)18-20-17-14-8-4-3-7-13(14)10-11-16(17)21(18)2;/h3-11H,1-2H3;1H. The normalized spacial score (nSPS) is 10.8. The number of halogens is 1. The molecule has 4 heteroatoms. The van der Waals surface area contributed by atoms with Crippen LogP contribution in [0.25, 0.3) is 33.3 Å². The van der Waals surface area contributed by atoms with Crippen LogP contribution in [0.2, 0.25) is 0 Å².